The molecular weight excluding hydrogens is 448 g/mol. The number of imidazole rings is 1. The van der Waals surface area contributed by atoms with E-state index in [9.17, 15) is 9.90 Å². The number of aliphatic hydroxyl groups excluding tert-OH is 1. The van der Waals surface area contributed by atoms with Crippen molar-refractivity contribution in [1.82, 2.24) is 9.97 Å². The number of hydrogen-bond donors (Lipinski definition) is 3. The zero-order valence-electron chi connectivity index (χ0n) is 19.5. The standard InChI is InChI=1S/C30H18N2O2.CH4O/c33-30(34)24-15-22(14-23(16-24)29-31-25-6-1-2-7-26(25)32-29)21-12-19-10-8-17-4-3-5-18-9-11-20(13-21)28(19)27(17)18;1-2/h1-16H,(H,31,32)(H,33,34);2H,1H3. The Morgan fingerprint density at radius 1 is 0.667 bits per heavy atom. The Bertz CT molecular complexity index is 1810. The Labute approximate surface area is 206 Å². The molecule has 1 heterocycles. The fraction of sp³-hybridized carbons (Fsp3) is 0.0323. The third-order valence-electron chi connectivity index (χ3n) is 6.64. The highest BCUT2D eigenvalue weighted by Crippen LogP contribution is 2.38. The van der Waals surface area contributed by atoms with Crippen molar-refractivity contribution in [3.05, 3.63) is 103 Å². The third-order valence-corrected chi connectivity index (χ3v) is 6.64. The molecule has 0 saturated carbocycles. The Hall–Kier alpha value is -4.74. The summed E-state index contributed by atoms with van der Waals surface area (Å²) in [5.41, 5.74) is 4.58. The number of nitrogens with one attached hydrogen (secondary N) is 1. The van der Waals surface area contributed by atoms with Gasteiger partial charge in [-0.15, -0.1) is 0 Å². The van der Waals surface area contributed by atoms with Crippen LogP contribution in [-0.4, -0.2) is 33.3 Å². The summed E-state index contributed by atoms with van der Waals surface area (Å²) in [7, 11) is 1.00. The molecule has 0 aliphatic carbocycles. The quantitative estimate of drug-likeness (QED) is 0.240. The molecule has 0 fully saturated rings. The number of hydrogen-bond acceptors (Lipinski definition) is 3. The lowest BCUT2D eigenvalue weighted by Gasteiger charge is -2.13. The number of nitrogens with zero attached hydrogens (tertiary/aromatic N) is 1. The van der Waals surface area contributed by atoms with Crippen LogP contribution >= 0.6 is 0 Å². The van der Waals surface area contributed by atoms with Crippen molar-refractivity contribution < 1.29 is 15.0 Å². The maximum Gasteiger partial charge on any atom is 0.335 e. The maximum absolute atomic E-state index is 12.0. The molecule has 5 heteroatoms. The summed E-state index contributed by atoms with van der Waals surface area (Å²) >= 11 is 0. The molecule has 174 valence electrons. The van der Waals surface area contributed by atoms with Crippen molar-refractivity contribution in [1.29, 1.82) is 0 Å². The average Bonchev–Trinajstić information content (AvgIpc) is 3.37. The predicted octanol–water partition coefficient (Wildman–Crippen LogP) is 7.10. The number of benzene rings is 6. The fourth-order valence-corrected chi connectivity index (χ4v) is 5.06. The van der Waals surface area contributed by atoms with Gasteiger partial charge in [0.1, 0.15) is 5.82 Å². The first-order valence-corrected chi connectivity index (χ1v) is 11.6. The molecule has 3 N–H and O–H groups in total. The van der Waals surface area contributed by atoms with Gasteiger partial charge in [0.15, 0.2) is 0 Å². The first kappa shape index (κ1) is 21.8. The summed E-state index contributed by atoms with van der Waals surface area (Å²) in [4.78, 5) is 20.0. The number of carboxylic acid groups (broad SMARTS) is 1. The molecule has 6 aromatic carbocycles. The molecule has 0 saturated heterocycles. The van der Waals surface area contributed by atoms with E-state index in [4.69, 9.17) is 5.11 Å². The first-order chi connectivity index (χ1) is 17.6. The van der Waals surface area contributed by atoms with Crippen molar-refractivity contribution in [2.24, 2.45) is 0 Å². The second kappa shape index (κ2) is 8.48. The van der Waals surface area contributed by atoms with Crippen LogP contribution in [0.25, 0.3) is 65.9 Å². The Morgan fingerprint density at radius 2 is 1.25 bits per heavy atom. The topological polar surface area (TPSA) is 86.2 Å². The summed E-state index contributed by atoms with van der Waals surface area (Å²) in [6.07, 6.45) is 0. The van der Waals surface area contributed by atoms with Gasteiger partial charge < -0.3 is 15.2 Å². The van der Waals surface area contributed by atoms with Gasteiger partial charge in [-0.05, 0) is 85.9 Å². The molecule has 0 unspecified atom stereocenters. The number of fused-ring (bicyclic) bond motifs is 1. The summed E-state index contributed by atoms with van der Waals surface area (Å²) < 4.78 is 0. The molecule has 0 radical (unpaired) electrons. The number of rotatable bonds is 3. The van der Waals surface area contributed by atoms with E-state index in [-0.39, 0.29) is 5.56 Å². The Balaban J connectivity index is 0.00000117. The lowest BCUT2D eigenvalue weighted by Crippen LogP contribution is -1.98. The highest BCUT2D eigenvalue weighted by molar-refractivity contribution is 6.23. The zero-order chi connectivity index (χ0) is 24.8. The number of H-pyrrole nitrogens is 1. The minimum atomic E-state index is -0.961. The molecule has 7 aromatic rings. The van der Waals surface area contributed by atoms with Crippen LogP contribution in [0.5, 0.6) is 0 Å². The van der Waals surface area contributed by atoms with Crippen LogP contribution in [0, 0.1) is 0 Å². The monoisotopic (exact) mass is 470 g/mol. The fourth-order valence-electron chi connectivity index (χ4n) is 5.06. The van der Waals surface area contributed by atoms with Gasteiger partial charge in [-0.2, -0.15) is 0 Å². The van der Waals surface area contributed by atoms with Crippen molar-refractivity contribution in [2.75, 3.05) is 7.11 Å². The van der Waals surface area contributed by atoms with E-state index in [0.29, 0.717) is 5.82 Å². The third kappa shape index (κ3) is 3.45. The van der Waals surface area contributed by atoms with Gasteiger partial charge in [0, 0.05) is 12.7 Å². The normalized spacial score (nSPS) is 11.3. The van der Waals surface area contributed by atoms with Crippen LogP contribution in [0.2, 0.25) is 0 Å². The number of aliphatic hydroxyl groups is 1. The van der Waals surface area contributed by atoms with Crippen molar-refractivity contribution in [3.8, 4) is 22.5 Å². The Kier molecular flexibility index (Phi) is 5.13. The van der Waals surface area contributed by atoms with Crippen LogP contribution in [0.15, 0.2) is 97.1 Å². The molecule has 5 nitrogen and oxygen atoms in total. The summed E-state index contributed by atoms with van der Waals surface area (Å²) in [6, 6.07) is 32.5. The number of aromatic amines is 1. The highest BCUT2D eigenvalue weighted by atomic mass is 16.4. The van der Waals surface area contributed by atoms with Crippen molar-refractivity contribution >= 4 is 49.3 Å². The number of para-hydroxylation sites is 2. The van der Waals surface area contributed by atoms with Gasteiger partial charge in [0.05, 0.1) is 16.6 Å². The molecule has 0 aliphatic heterocycles. The lowest BCUT2D eigenvalue weighted by molar-refractivity contribution is 0.0697. The number of aromatic nitrogens is 2. The lowest BCUT2D eigenvalue weighted by atomic mass is 9.90. The number of carboxylic acids is 1. The van der Waals surface area contributed by atoms with Crippen LogP contribution in [-0.2, 0) is 0 Å². The molecule has 0 bridgehead atoms. The minimum Gasteiger partial charge on any atom is -0.478 e. The van der Waals surface area contributed by atoms with E-state index in [2.05, 4.69) is 64.6 Å². The zero-order valence-corrected chi connectivity index (χ0v) is 19.5. The van der Waals surface area contributed by atoms with Crippen LogP contribution < -0.4 is 0 Å². The van der Waals surface area contributed by atoms with E-state index in [1.54, 1.807) is 12.1 Å². The number of carbonyl (C=O) groups is 1. The molecular formula is C31H22N2O3. The van der Waals surface area contributed by atoms with Crippen molar-refractivity contribution in [3.63, 3.8) is 0 Å². The second-order valence-corrected chi connectivity index (χ2v) is 8.71. The van der Waals surface area contributed by atoms with Gasteiger partial charge in [-0.1, -0.05) is 54.6 Å². The van der Waals surface area contributed by atoms with E-state index in [1.165, 1.54) is 21.5 Å². The molecule has 0 aliphatic rings. The molecule has 7 rings (SSSR count). The van der Waals surface area contributed by atoms with Gasteiger partial charge in [-0.25, -0.2) is 9.78 Å². The second-order valence-electron chi connectivity index (χ2n) is 8.71. The average molecular weight is 471 g/mol. The van der Waals surface area contributed by atoms with E-state index in [0.717, 1.165) is 45.6 Å². The van der Waals surface area contributed by atoms with Gasteiger partial charge >= 0.3 is 5.97 Å². The number of aromatic carboxylic acids is 1. The maximum atomic E-state index is 12.0. The van der Waals surface area contributed by atoms with Crippen LogP contribution in [0.1, 0.15) is 10.4 Å². The summed E-state index contributed by atoms with van der Waals surface area (Å²) in [6.45, 7) is 0. The summed E-state index contributed by atoms with van der Waals surface area (Å²) in [5, 5.41) is 24.1. The smallest absolute Gasteiger partial charge is 0.335 e. The van der Waals surface area contributed by atoms with Crippen LogP contribution in [0.3, 0.4) is 0 Å². The molecule has 1 aromatic heterocycles. The van der Waals surface area contributed by atoms with Gasteiger partial charge in [0.25, 0.3) is 0 Å². The van der Waals surface area contributed by atoms with Crippen LogP contribution in [0.4, 0.5) is 0 Å². The van der Waals surface area contributed by atoms with E-state index < -0.39 is 5.97 Å². The van der Waals surface area contributed by atoms with E-state index in [1.807, 2.05) is 30.3 Å². The predicted molar refractivity (Wildman–Crippen MR) is 146 cm³/mol. The minimum absolute atomic E-state index is 0.234. The molecule has 0 atom stereocenters. The Morgan fingerprint density at radius 3 is 1.92 bits per heavy atom. The largest absolute Gasteiger partial charge is 0.478 e. The SMILES string of the molecule is CO.O=C(O)c1cc(-c2cc3ccc4cccc5ccc(c2)c3c45)cc(-c2nc3ccccc3[nH]2)c1. The van der Waals surface area contributed by atoms with Crippen molar-refractivity contribution in [2.45, 2.75) is 0 Å². The van der Waals surface area contributed by atoms with Gasteiger partial charge in [0.2, 0.25) is 0 Å². The first-order valence-electron chi connectivity index (χ1n) is 11.6. The molecule has 36 heavy (non-hydrogen) atoms. The van der Waals surface area contributed by atoms with E-state index >= 15 is 0 Å². The molecule has 0 spiro atoms. The molecule has 0 amide bonds. The summed E-state index contributed by atoms with van der Waals surface area (Å²) in [5.74, 6) is -0.305. The highest BCUT2D eigenvalue weighted by Gasteiger charge is 2.15. The van der Waals surface area contributed by atoms with Gasteiger partial charge in [-0.3, -0.25) is 0 Å².